The van der Waals surface area contributed by atoms with Gasteiger partial charge in [-0.2, -0.15) is 0 Å². The van der Waals surface area contributed by atoms with Crippen molar-refractivity contribution in [1.82, 2.24) is 0 Å². The zero-order valence-corrected chi connectivity index (χ0v) is 30.7. The van der Waals surface area contributed by atoms with Crippen molar-refractivity contribution in [3.63, 3.8) is 0 Å². The summed E-state index contributed by atoms with van der Waals surface area (Å²) < 4.78 is 12.7. The third kappa shape index (κ3) is 6.38. The fourth-order valence-electron chi connectivity index (χ4n) is 7.82. The van der Waals surface area contributed by atoms with Crippen molar-refractivity contribution in [2.75, 3.05) is 14.2 Å². The monoisotopic (exact) mass is 690 g/mol. The van der Waals surface area contributed by atoms with E-state index in [1.54, 1.807) is 0 Å². The summed E-state index contributed by atoms with van der Waals surface area (Å²) in [6, 6.07) is 71.0. The van der Waals surface area contributed by atoms with Gasteiger partial charge in [0, 0.05) is 0 Å². The van der Waals surface area contributed by atoms with Gasteiger partial charge in [-0.25, -0.2) is 0 Å². The molecule has 7 aromatic carbocycles. The second-order valence-electron chi connectivity index (χ2n) is 12.8. The van der Waals surface area contributed by atoms with E-state index in [0.29, 0.717) is 0 Å². The summed E-state index contributed by atoms with van der Waals surface area (Å²) in [5, 5.41) is 8.20. The van der Waals surface area contributed by atoms with Gasteiger partial charge in [-0.15, -0.1) is 0 Å². The maximum atomic E-state index is 6.35. The van der Waals surface area contributed by atoms with Crippen LogP contribution in [0.25, 0.3) is 0 Å². The Kier molecular flexibility index (Phi) is 10.2. The van der Waals surface area contributed by atoms with E-state index in [4.69, 9.17) is 9.47 Å². The van der Waals surface area contributed by atoms with Gasteiger partial charge < -0.3 is 0 Å². The van der Waals surface area contributed by atoms with Crippen LogP contribution in [0.5, 0.6) is 11.5 Å². The van der Waals surface area contributed by atoms with E-state index < -0.39 is 14.5 Å². The summed E-state index contributed by atoms with van der Waals surface area (Å²) in [5.74, 6) is 1.80. The molecule has 0 heterocycles. The van der Waals surface area contributed by atoms with E-state index in [9.17, 15) is 0 Å². The zero-order chi connectivity index (χ0) is 34.2. The molecule has 0 bridgehead atoms. The maximum absolute atomic E-state index is 6.35. The minimum atomic E-state index is -2.60. The molecule has 0 unspecified atom stereocenters. The summed E-state index contributed by atoms with van der Waals surface area (Å²) >= 11 is 0. The number of rotatable bonds is 12. The van der Waals surface area contributed by atoms with Crippen LogP contribution < -0.4 is 41.3 Å². The second-order valence-corrected chi connectivity index (χ2v) is 20.6. The zero-order valence-electron chi connectivity index (χ0n) is 28.7. The van der Waals surface area contributed by atoms with Gasteiger partial charge in [0.2, 0.25) is 0 Å². The van der Waals surface area contributed by atoms with Gasteiger partial charge in [0.25, 0.3) is 0 Å². The van der Waals surface area contributed by atoms with Crippen LogP contribution in [-0.4, -0.2) is 14.2 Å². The Morgan fingerprint density at radius 1 is 0.320 bits per heavy atom. The Hall–Kier alpha value is -5.00. The normalized spacial score (nSPS) is 12.2. The summed E-state index contributed by atoms with van der Waals surface area (Å²) in [4.78, 5) is 0. The number of ether oxygens (including phenoxy) is 2. The van der Waals surface area contributed by atoms with Crippen molar-refractivity contribution in [3.8, 4) is 11.5 Å². The van der Waals surface area contributed by atoms with Crippen LogP contribution in [-0.2, 0) is 12.3 Å². The fraction of sp³-hybridized carbons (Fsp3) is 0.0870. The van der Waals surface area contributed by atoms with Crippen LogP contribution in [0.4, 0.5) is 0 Å². The quantitative estimate of drug-likeness (QED) is 0.121. The third-order valence-corrected chi connectivity index (χ3v) is 19.9. The predicted octanol–water partition coefficient (Wildman–Crippen LogP) is 8.16. The Morgan fingerprint density at radius 2 is 0.520 bits per heavy atom. The molecule has 0 saturated heterocycles. The van der Waals surface area contributed by atoms with Crippen molar-refractivity contribution in [1.29, 1.82) is 0 Å². The van der Waals surface area contributed by atoms with Gasteiger partial charge in [0.1, 0.15) is 0 Å². The first kappa shape index (κ1) is 33.5. The Morgan fingerprint density at radius 3 is 0.700 bits per heavy atom. The molecule has 7 rings (SSSR count). The third-order valence-electron chi connectivity index (χ3n) is 10.2. The van der Waals surface area contributed by atoms with E-state index in [2.05, 4.69) is 194 Å². The average Bonchev–Trinajstić information content (AvgIpc) is 3.21. The first-order chi connectivity index (χ1) is 24.7. The van der Waals surface area contributed by atoms with Crippen LogP contribution in [0, 0.1) is 0 Å². The fourth-order valence-corrected chi connectivity index (χ4v) is 17.3. The van der Waals surface area contributed by atoms with Crippen LogP contribution in [0.3, 0.4) is 0 Å². The SMILES string of the molecule is COc1cc(C[PH](c2ccccc2)(c2ccccc2)c2ccccc2)c(OC)cc1C[PH](c1ccccc1)(c1ccccc1)c1ccccc1. The molecule has 0 amide bonds. The van der Waals surface area contributed by atoms with Gasteiger partial charge in [0.05, 0.1) is 0 Å². The summed E-state index contributed by atoms with van der Waals surface area (Å²) in [7, 11) is -1.58. The average molecular weight is 691 g/mol. The molecule has 0 aliphatic rings. The molecule has 0 spiro atoms. The first-order valence-electron chi connectivity index (χ1n) is 17.3. The summed E-state index contributed by atoms with van der Waals surface area (Å²) in [6.45, 7) is 0. The number of hydrogen-bond donors (Lipinski definition) is 0. The van der Waals surface area contributed by atoms with Crippen molar-refractivity contribution < 1.29 is 9.47 Å². The van der Waals surface area contributed by atoms with Gasteiger partial charge >= 0.3 is 299 Å². The predicted molar refractivity (Wildman–Crippen MR) is 220 cm³/mol. The van der Waals surface area contributed by atoms with E-state index in [1.165, 1.54) is 31.8 Å². The Balaban J connectivity index is 1.43. The molecule has 250 valence electrons. The first-order valence-corrected chi connectivity index (χ1v) is 21.7. The van der Waals surface area contributed by atoms with E-state index in [1.807, 2.05) is 14.2 Å². The van der Waals surface area contributed by atoms with Gasteiger partial charge in [-0.3, -0.25) is 0 Å². The topological polar surface area (TPSA) is 18.5 Å². The van der Waals surface area contributed by atoms with Crippen LogP contribution in [0.15, 0.2) is 194 Å². The van der Waals surface area contributed by atoms with E-state index in [-0.39, 0.29) is 0 Å². The minimum absolute atomic E-state index is 0.823. The van der Waals surface area contributed by atoms with Crippen LogP contribution >= 0.6 is 14.5 Å². The molecule has 0 aromatic heterocycles. The van der Waals surface area contributed by atoms with Crippen LogP contribution in [0.2, 0.25) is 0 Å². The summed E-state index contributed by atoms with van der Waals surface area (Å²) in [6.07, 6.45) is 1.65. The number of hydrogen-bond acceptors (Lipinski definition) is 2. The molecule has 0 saturated carbocycles. The molecule has 2 nitrogen and oxygen atoms in total. The van der Waals surface area contributed by atoms with Crippen LogP contribution in [0.1, 0.15) is 11.1 Å². The Labute approximate surface area is 298 Å². The van der Waals surface area contributed by atoms with Gasteiger partial charge in [-0.1, -0.05) is 0 Å². The molecule has 0 fully saturated rings. The van der Waals surface area contributed by atoms with Gasteiger partial charge in [-0.05, 0) is 0 Å². The summed E-state index contributed by atoms with van der Waals surface area (Å²) in [5.41, 5.74) is 2.31. The molecular weight excluding hydrogens is 646 g/mol. The van der Waals surface area contributed by atoms with Crippen molar-refractivity contribution >= 4 is 46.4 Å². The van der Waals surface area contributed by atoms with Crippen molar-refractivity contribution in [2.45, 2.75) is 12.3 Å². The van der Waals surface area contributed by atoms with Crippen molar-refractivity contribution in [2.24, 2.45) is 0 Å². The van der Waals surface area contributed by atoms with E-state index >= 15 is 0 Å². The molecule has 0 aliphatic heterocycles. The number of benzene rings is 7. The second kappa shape index (κ2) is 15.3. The van der Waals surface area contributed by atoms with Gasteiger partial charge in [0.15, 0.2) is 0 Å². The van der Waals surface area contributed by atoms with Crippen molar-refractivity contribution in [3.05, 3.63) is 205 Å². The molecule has 0 aliphatic carbocycles. The molecule has 4 heteroatoms. The molecule has 50 heavy (non-hydrogen) atoms. The molecular formula is C46H44O2P2. The number of methoxy groups -OCH3 is 2. The Bertz CT molecular complexity index is 1760. The van der Waals surface area contributed by atoms with E-state index in [0.717, 1.165) is 34.9 Å². The standard InChI is InChI=1S/C46H44O2P2/c1-47-45-33-38(36-50(42-27-15-6-16-28-42,43-29-17-7-18-30-43)44-31-19-8-20-32-44)46(48-2)34-37(45)35-49(39-21-9-3-10-22-39,40-23-11-4-12-24-40)41-25-13-5-14-26-41/h3-34,49-50H,35-36H2,1-2H3. The molecule has 0 atom stereocenters. The molecule has 0 N–H and O–H groups in total. The molecule has 0 radical (unpaired) electrons. The molecule has 7 aromatic rings.